The molecule has 100 valence electrons. The lowest BCUT2D eigenvalue weighted by Crippen LogP contribution is -2.21. The van der Waals surface area contributed by atoms with Crippen molar-refractivity contribution in [3.63, 3.8) is 0 Å². The van der Waals surface area contributed by atoms with Crippen LogP contribution < -0.4 is 15.8 Å². The van der Waals surface area contributed by atoms with E-state index in [1.165, 1.54) is 0 Å². The Labute approximate surface area is 104 Å². The van der Waals surface area contributed by atoms with Gasteiger partial charge in [0.2, 0.25) is 0 Å². The zero-order chi connectivity index (χ0) is 13.9. The number of hydrogen-bond acceptors (Lipinski definition) is 2. The Morgan fingerprint density at radius 1 is 1.33 bits per heavy atom. The van der Waals surface area contributed by atoms with E-state index in [0.29, 0.717) is 6.07 Å². The summed E-state index contributed by atoms with van der Waals surface area (Å²) in [5.74, 6) is -0.434. The van der Waals surface area contributed by atoms with E-state index in [4.69, 9.17) is 5.73 Å². The van der Waals surface area contributed by atoms with Crippen LogP contribution in [0.3, 0.4) is 0 Å². The standard InChI is InChI=1S/C9H7F5N2OS/c10-7(11)17-4-1-2-5(9(12,13)14)6(3-4)16-8(15)18/h1-3,7H,(H3,15,16,18). The number of anilines is 1. The summed E-state index contributed by atoms with van der Waals surface area (Å²) in [6, 6.07) is 2.12. The van der Waals surface area contributed by atoms with Crippen LogP contribution in [0.4, 0.5) is 27.6 Å². The summed E-state index contributed by atoms with van der Waals surface area (Å²) in [6.07, 6.45) is -4.67. The second-order valence-electron chi connectivity index (χ2n) is 3.07. The number of rotatable bonds is 3. The summed E-state index contributed by atoms with van der Waals surface area (Å²) in [6.45, 7) is -3.14. The van der Waals surface area contributed by atoms with Crippen molar-refractivity contribution in [2.24, 2.45) is 5.73 Å². The molecule has 0 aliphatic carbocycles. The lowest BCUT2D eigenvalue weighted by molar-refractivity contribution is -0.136. The first-order chi connectivity index (χ1) is 8.20. The third kappa shape index (κ3) is 3.99. The van der Waals surface area contributed by atoms with E-state index in [2.05, 4.69) is 22.3 Å². The Balaban J connectivity index is 3.16. The highest BCUT2D eigenvalue weighted by Crippen LogP contribution is 2.37. The molecule has 0 saturated heterocycles. The largest absolute Gasteiger partial charge is 0.435 e. The molecule has 0 aromatic heterocycles. The number of hydrogen-bond donors (Lipinski definition) is 2. The quantitative estimate of drug-likeness (QED) is 0.662. The van der Waals surface area contributed by atoms with Crippen LogP contribution in [0.2, 0.25) is 0 Å². The Morgan fingerprint density at radius 2 is 1.94 bits per heavy atom. The van der Waals surface area contributed by atoms with E-state index in [9.17, 15) is 22.0 Å². The van der Waals surface area contributed by atoms with Gasteiger partial charge in [-0.15, -0.1) is 0 Å². The number of nitrogens with two attached hydrogens (primary N) is 1. The van der Waals surface area contributed by atoms with Crippen molar-refractivity contribution in [3.8, 4) is 5.75 Å². The molecule has 0 aliphatic heterocycles. The van der Waals surface area contributed by atoms with Crippen molar-refractivity contribution in [1.29, 1.82) is 0 Å². The molecule has 0 heterocycles. The molecular weight excluding hydrogens is 279 g/mol. The fourth-order valence-corrected chi connectivity index (χ4v) is 1.29. The Hall–Kier alpha value is -1.64. The predicted molar refractivity (Wildman–Crippen MR) is 58.5 cm³/mol. The fraction of sp³-hybridized carbons (Fsp3) is 0.222. The molecule has 0 amide bonds. The molecule has 1 aromatic rings. The molecule has 0 spiro atoms. The minimum Gasteiger partial charge on any atom is -0.435 e. The Bertz CT molecular complexity index is 449. The summed E-state index contributed by atoms with van der Waals surface area (Å²) in [4.78, 5) is 0. The SMILES string of the molecule is NC(=S)Nc1cc(OC(F)F)ccc1C(F)(F)F. The van der Waals surface area contributed by atoms with E-state index in [0.717, 1.165) is 12.1 Å². The van der Waals surface area contributed by atoms with E-state index in [1.54, 1.807) is 0 Å². The van der Waals surface area contributed by atoms with Crippen molar-refractivity contribution in [2.45, 2.75) is 12.8 Å². The van der Waals surface area contributed by atoms with Gasteiger partial charge < -0.3 is 15.8 Å². The van der Waals surface area contributed by atoms with Crippen LogP contribution >= 0.6 is 12.2 Å². The number of alkyl halides is 5. The molecule has 0 saturated carbocycles. The molecule has 0 aliphatic rings. The molecule has 3 nitrogen and oxygen atoms in total. The molecule has 1 aromatic carbocycles. The van der Waals surface area contributed by atoms with Gasteiger partial charge in [-0.3, -0.25) is 0 Å². The number of halogens is 5. The van der Waals surface area contributed by atoms with Crippen LogP contribution in [0.15, 0.2) is 18.2 Å². The van der Waals surface area contributed by atoms with Gasteiger partial charge in [0.05, 0.1) is 11.3 Å². The maximum atomic E-state index is 12.6. The first kappa shape index (κ1) is 14.4. The highest BCUT2D eigenvalue weighted by atomic mass is 32.1. The van der Waals surface area contributed by atoms with Gasteiger partial charge in [-0.2, -0.15) is 22.0 Å². The topological polar surface area (TPSA) is 47.3 Å². The van der Waals surface area contributed by atoms with Crippen molar-refractivity contribution in [1.82, 2.24) is 0 Å². The first-order valence-corrected chi connectivity index (χ1v) is 4.83. The number of nitrogens with one attached hydrogen (secondary N) is 1. The molecule has 9 heteroatoms. The highest BCUT2D eigenvalue weighted by molar-refractivity contribution is 7.80. The van der Waals surface area contributed by atoms with Gasteiger partial charge >= 0.3 is 12.8 Å². The second kappa shape index (κ2) is 5.34. The number of ether oxygens (including phenoxy) is 1. The van der Waals surface area contributed by atoms with Gasteiger partial charge in [0, 0.05) is 6.07 Å². The monoisotopic (exact) mass is 286 g/mol. The van der Waals surface area contributed by atoms with Crippen LogP contribution in [0, 0.1) is 0 Å². The minimum absolute atomic E-state index is 0.422. The zero-order valence-corrected chi connectivity index (χ0v) is 9.41. The predicted octanol–water partition coefficient (Wildman–Crippen LogP) is 2.96. The van der Waals surface area contributed by atoms with Gasteiger partial charge in [0.15, 0.2) is 5.11 Å². The average molecular weight is 286 g/mol. The summed E-state index contributed by atoms with van der Waals surface area (Å²) in [5, 5.41) is 1.64. The Kier molecular flexibility index (Phi) is 4.28. The molecule has 0 bridgehead atoms. The summed E-state index contributed by atoms with van der Waals surface area (Å²) in [7, 11) is 0. The van der Waals surface area contributed by atoms with Crippen LogP contribution in [-0.2, 0) is 6.18 Å². The second-order valence-corrected chi connectivity index (χ2v) is 3.51. The maximum Gasteiger partial charge on any atom is 0.418 e. The van der Waals surface area contributed by atoms with E-state index < -0.39 is 34.9 Å². The van der Waals surface area contributed by atoms with Crippen molar-refractivity contribution in [3.05, 3.63) is 23.8 Å². The highest BCUT2D eigenvalue weighted by Gasteiger charge is 2.34. The number of benzene rings is 1. The lowest BCUT2D eigenvalue weighted by Gasteiger charge is -2.15. The van der Waals surface area contributed by atoms with Crippen molar-refractivity contribution < 1.29 is 26.7 Å². The normalized spacial score (nSPS) is 11.4. The van der Waals surface area contributed by atoms with Crippen LogP contribution in [0.1, 0.15) is 5.56 Å². The van der Waals surface area contributed by atoms with Crippen LogP contribution in [0.5, 0.6) is 5.75 Å². The molecular formula is C9H7F5N2OS. The number of thiocarbonyl (C=S) groups is 1. The molecule has 0 atom stereocenters. The third-order valence-corrected chi connectivity index (χ3v) is 1.88. The molecule has 3 N–H and O–H groups in total. The van der Waals surface area contributed by atoms with Gasteiger partial charge in [-0.1, -0.05) is 0 Å². The molecule has 0 fully saturated rings. The van der Waals surface area contributed by atoms with E-state index >= 15 is 0 Å². The van der Waals surface area contributed by atoms with Crippen LogP contribution in [-0.4, -0.2) is 11.7 Å². The summed E-state index contributed by atoms with van der Waals surface area (Å²) >= 11 is 4.40. The molecule has 1 rings (SSSR count). The van der Waals surface area contributed by atoms with E-state index in [-0.39, 0.29) is 0 Å². The molecule has 0 radical (unpaired) electrons. The van der Waals surface area contributed by atoms with Crippen LogP contribution in [0.25, 0.3) is 0 Å². The zero-order valence-electron chi connectivity index (χ0n) is 8.59. The summed E-state index contributed by atoms with van der Waals surface area (Å²) in [5.41, 5.74) is 3.42. The Morgan fingerprint density at radius 3 is 2.39 bits per heavy atom. The minimum atomic E-state index is -4.67. The molecule has 0 unspecified atom stereocenters. The third-order valence-electron chi connectivity index (χ3n) is 1.78. The summed E-state index contributed by atoms with van der Waals surface area (Å²) < 4.78 is 65.6. The average Bonchev–Trinajstić information content (AvgIpc) is 2.13. The maximum absolute atomic E-state index is 12.6. The van der Waals surface area contributed by atoms with E-state index in [1.807, 2.05) is 0 Å². The van der Waals surface area contributed by atoms with Crippen molar-refractivity contribution in [2.75, 3.05) is 5.32 Å². The fourth-order valence-electron chi connectivity index (χ4n) is 1.18. The smallest absolute Gasteiger partial charge is 0.418 e. The van der Waals surface area contributed by atoms with Gasteiger partial charge in [0.1, 0.15) is 5.75 Å². The van der Waals surface area contributed by atoms with Gasteiger partial charge in [0.25, 0.3) is 0 Å². The van der Waals surface area contributed by atoms with Gasteiger partial charge in [-0.05, 0) is 24.4 Å². The first-order valence-electron chi connectivity index (χ1n) is 4.42. The lowest BCUT2D eigenvalue weighted by atomic mass is 10.1. The molecule has 18 heavy (non-hydrogen) atoms. The van der Waals surface area contributed by atoms with Gasteiger partial charge in [-0.25, -0.2) is 0 Å². The van der Waals surface area contributed by atoms with Crippen molar-refractivity contribution >= 4 is 23.0 Å².